The summed E-state index contributed by atoms with van der Waals surface area (Å²) in [5.41, 5.74) is 2.93. The third-order valence-electron chi connectivity index (χ3n) is 6.39. The summed E-state index contributed by atoms with van der Waals surface area (Å²) < 4.78 is 39.5. The summed E-state index contributed by atoms with van der Waals surface area (Å²) in [5, 5.41) is 0. The van der Waals surface area contributed by atoms with Crippen LogP contribution in [-0.2, 0) is 25.5 Å². The van der Waals surface area contributed by atoms with E-state index in [-0.39, 0.29) is 25.3 Å². The van der Waals surface area contributed by atoms with Crippen molar-refractivity contribution >= 4 is 11.9 Å². The van der Waals surface area contributed by atoms with E-state index in [1.54, 1.807) is 20.3 Å². The van der Waals surface area contributed by atoms with Crippen molar-refractivity contribution in [1.29, 1.82) is 0 Å². The highest BCUT2D eigenvalue weighted by atomic mass is 16.7. The van der Waals surface area contributed by atoms with Crippen molar-refractivity contribution in [2.45, 2.75) is 19.4 Å². The van der Waals surface area contributed by atoms with Crippen LogP contribution in [0.1, 0.15) is 24.2 Å². The molecule has 1 saturated heterocycles. The number of methoxy groups -OCH3 is 3. The molecule has 0 bridgehead atoms. The average Bonchev–Trinajstić information content (AvgIpc) is 3.40. The topological polar surface area (TPSA) is 98.8 Å². The van der Waals surface area contributed by atoms with Gasteiger partial charge in [-0.2, -0.15) is 0 Å². The Labute approximate surface area is 190 Å². The predicted octanol–water partition coefficient (Wildman–Crippen LogP) is 3.06. The fourth-order valence-electron chi connectivity index (χ4n) is 4.98. The predicted molar refractivity (Wildman–Crippen MR) is 114 cm³/mol. The largest absolute Gasteiger partial charge is 0.493 e. The van der Waals surface area contributed by atoms with Crippen molar-refractivity contribution in [3.05, 3.63) is 29.3 Å². The number of hydrogen-bond donors (Lipinski definition) is 0. The Balaban J connectivity index is 1.86. The van der Waals surface area contributed by atoms with Gasteiger partial charge in [-0.15, -0.1) is 0 Å². The minimum Gasteiger partial charge on any atom is -0.493 e. The molecule has 3 aliphatic rings. The van der Waals surface area contributed by atoms with E-state index in [1.165, 1.54) is 14.0 Å². The zero-order valence-corrected chi connectivity index (χ0v) is 18.8. The minimum atomic E-state index is -0.727. The highest BCUT2D eigenvalue weighted by Gasteiger charge is 2.47. The SMILES string of the molecule is COc1cc2c(c(OC)c1OC)-c1cc3c(cc1[C@@H](OC(C)=O)[C@H]1COC(=O)[C@@H]1C2)OCO3. The highest BCUT2D eigenvalue weighted by Crippen LogP contribution is 2.55. The van der Waals surface area contributed by atoms with Gasteiger partial charge in [0.2, 0.25) is 12.5 Å². The fourth-order valence-corrected chi connectivity index (χ4v) is 4.98. The molecule has 0 N–H and O–H groups in total. The van der Waals surface area contributed by atoms with Crippen molar-refractivity contribution in [2.75, 3.05) is 34.7 Å². The van der Waals surface area contributed by atoms with Crippen molar-refractivity contribution in [1.82, 2.24) is 0 Å². The smallest absolute Gasteiger partial charge is 0.309 e. The van der Waals surface area contributed by atoms with Crippen LogP contribution in [0.2, 0.25) is 0 Å². The first kappa shape index (κ1) is 21.2. The molecule has 3 atom stereocenters. The molecule has 1 aliphatic carbocycles. The lowest BCUT2D eigenvalue weighted by Crippen LogP contribution is -2.29. The van der Waals surface area contributed by atoms with Gasteiger partial charge in [0.1, 0.15) is 6.10 Å². The van der Waals surface area contributed by atoms with E-state index in [9.17, 15) is 9.59 Å². The summed E-state index contributed by atoms with van der Waals surface area (Å²) in [6.45, 7) is 1.58. The van der Waals surface area contributed by atoms with Gasteiger partial charge in [0.15, 0.2) is 23.0 Å². The molecule has 5 rings (SSSR count). The zero-order chi connectivity index (χ0) is 23.3. The molecule has 0 unspecified atom stereocenters. The maximum absolute atomic E-state index is 12.8. The number of carbonyl (C=O) groups is 2. The van der Waals surface area contributed by atoms with Gasteiger partial charge in [-0.05, 0) is 35.7 Å². The lowest BCUT2D eigenvalue weighted by atomic mass is 9.76. The van der Waals surface area contributed by atoms with Gasteiger partial charge in [0.05, 0.1) is 33.9 Å². The molecule has 33 heavy (non-hydrogen) atoms. The van der Waals surface area contributed by atoms with Crippen LogP contribution in [0.25, 0.3) is 11.1 Å². The van der Waals surface area contributed by atoms with Crippen LogP contribution in [-0.4, -0.2) is 46.7 Å². The van der Waals surface area contributed by atoms with Crippen LogP contribution in [0.15, 0.2) is 18.2 Å². The van der Waals surface area contributed by atoms with Crippen molar-refractivity contribution in [3.63, 3.8) is 0 Å². The third-order valence-corrected chi connectivity index (χ3v) is 6.39. The van der Waals surface area contributed by atoms with Crippen LogP contribution >= 0.6 is 0 Å². The Morgan fingerprint density at radius 2 is 1.70 bits per heavy atom. The van der Waals surface area contributed by atoms with E-state index in [2.05, 4.69) is 0 Å². The Hall–Kier alpha value is -3.62. The van der Waals surface area contributed by atoms with Crippen molar-refractivity contribution in [2.24, 2.45) is 11.8 Å². The van der Waals surface area contributed by atoms with E-state index in [0.717, 1.165) is 11.1 Å². The van der Waals surface area contributed by atoms with Crippen LogP contribution in [0, 0.1) is 11.8 Å². The molecule has 0 amide bonds. The molecule has 0 spiro atoms. The van der Waals surface area contributed by atoms with Gasteiger partial charge in [0.25, 0.3) is 0 Å². The molecule has 9 nitrogen and oxygen atoms in total. The van der Waals surface area contributed by atoms with E-state index in [0.29, 0.717) is 46.3 Å². The molecule has 2 heterocycles. The van der Waals surface area contributed by atoms with Crippen molar-refractivity contribution < 1.29 is 42.7 Å². The molecule has 0 radical (unpaired) electrons. The van der Waals surface area contributed by atoms with Gasteiger partial charge in [-0.25, -0.2) is 0 Å². The number of fused-ring (bicyclic) bond motifs is 5. The number of ether oxygens (including phenoxy) is 7. The number of rotatable bonds is 4. The highest BCUT2D eigenvalue weighted by molar-refractivity contribution is 5.86. The first-order valence-corrected chi connectivity index (χ1v) is 10.6. The Morgan fingerprint density at radius 1 is 0.970 bits per heavy atom. The van der Waals surface area contributed by atoms with Crippen molar-refractivity contribution in [3.8, 4) is 39.9 Å². The molecule has 2 aliphatic heterocycles. The van der Waals surface area contributed by atoms with Crippen LogP contribution in [0.5, 0.6) is 28.7 Å². The van der Waals surface area contributed by atoms with E-state index >= 15 is 0 Å². The summed E-state index contributed by atoms with van der Waals surface area (Å²) in [7, 11) is 4.61. The number of esters is 2. The standard InChI is InChI=1S/C24H24O9/c1-11(25)33-21-14-8-18-17(31-10-32-18)7-13(14)20-12(5-15-16(21)9-30-24(15)26)6-19(27-2)22(28-3)23(20)29-4/h6-8,15-16,21H,5,9-10H2,1-4H3/t15-,16+,21-/m1/s1. The van der Waals surface area contributed by atoms with Crippen LogP contribution in [0.4, 0.5) is 0 Å². The van der Waals surface area contributed by atoms with Gasteiger partial charge in [-0.1, -0.05) is 0 Å². The first-order valence-electron chi connectivity index (χ1n) is 10.6. The maximum atomic E-state index is 12.8. The zero-order valence-electron chi connectivity index (χ0n) is 18.8. The van der Waals surface area contributed by atoms with E-state index < -0.39 is 18.0 Å². The third kappa shape index (κ3) is 3.30. The van der Waals surface area contributed by atoms with Gasteiger partial charge in [0, 0.05) is 24.0 Å². The molecular weight excluding hydrogens is 432 g/mol. The average molecular weight is 456 g/mol. The Kier molecular flexibility index (Phi) is 5.19. The van der Waals surface area contributed by atoms with Crippen LogP contribution in [0.3, 0.4) is 0 Å². The summed E-state index contributed by atoms with van der Waals surface area (Å²) in [5.74, 6) is 0.764. The lowest BCUT2D eigenvalue weighted by Gasteiger charge is -2.32. The molecule has 0 aromatic heterocycles. The Morgan fingerprint density at radius 3 is 2.36 bits per heavy atom. The van der Waals surface area contributed by atoms with Crippen LogP contribution < -0.4 is 23.7 Å². The second-order valence-corrected chi connectivity index (χ2v) is 8.11. The van der Waals surface area contributed by atoms with E-state index in [1.807, 2.05) is 12.1 Å². The summed E-state index contributed by atoms with van der Waals surface area (Å²) in [6.07, 6.45) is -0.379. The van der Waals surface area contributed by atoms with Gasteiger partial charge < -0.3 is 33.2 Å². The summed E-state index contributed by atoms with van der Waals surface area (Å²) in [4.78, 5) is 24.9. The molecule has 174 valence electrons. The number of cyclic esters (lactones) is 1. The summed E-state index contributed by atoms with van der Waals surface area (Å²) in [6, 6.07) is 5.50. The minimum absolute atomic E-state index is 0.0834. The molecule has 0 saturated carbocycles. The molecular formula is C24H24O9. The quantitative estimate of drug-likeness (QED) is 0.643. The lowest BCUT2D eigenvalue weighted by molar-refractivity contribution is -0.150. The maximum Gasteiger partial charge on any atom is 0.309 e. The molecule has 9 heteroatoms. The molecule has 2 aromatic rings. The fraction of sp³-hybridized carbons (Fsp3) is 0.417. The first-order chi connectivity index (χ1) is 16.0. The molecule has 1 fully saturated rings. The summed E-state index contributed by atoms with van der Waals surface area (Å²) >= 11 is 0. The number of hydrogen-bond acceptors (Lipinski definition) is 9. The Bertz CT molecular complexity index is 1140. The van der Waals surface area contributed by atoms with Gasteiger partial charge >= 0.3 is 11.9 Å². The second kappa shape index (κ2) is 8.06. The second-order valence-electron chi connectivity index (χ2n) is 8.11. The van der Waals surface area contributed by atoms with E-state index in [4.69, 9.17) is 33.2 Å². The number of carbonyl (C=O) groups excluding carboxylic acids is 2. The molecule has 2 aromatic carbocycles. The van der Waals surface area contributed by atoms with Gasteiger partial charge in [-0.3, -0.25) is 9.59 Å². The monoisotopic (exact) mass is 456 g/mol. The number of benzene rings is 2. The normalized spacial score (nSPS) is 22.2.